The van der Waals surface area contributed by atoms with Crippen LogP contribution < -0.4 is 10.9 Å². The second kappa shape index (κ2) is 6.57. The van der Waals surface area contributed by atoms with Gasteiger partial charge in [-0.15, -0.1) is 0 Å². The highest BCUT2D eigenvalue weighted by atomic mass is 35.5. The van der Waals surface area contributed by atoms with E-state index < -0.39 is 0 Å². The van der Waals surface area contributed by atoms with Crippen LogP contribution in [0.1, 0.15) is 25.0 Å². The van der Waals surface area contributed by atoms with Crippen LogP contribution >= 0.6 is 11.6 Å². The average Bonchev–Trinajstić information content (AvgIpc) is 2.49. The number of rotatable bonds is 5. The second-order valence-corrected chi connectivity index (χ2v) is 4.89. The molecule has 0 saturated carbocycles. The smallest absolute Gasteiger partial charge is 0.287 e. The van der Waals surface area contributed by atoms with Crippen LogP contribution in [-0.2, 0) is 19.5 Å². The number of anilines is 1. The zero-order valence-electron chi connectivity index (χ0n) is 11.7. The summed E-state index contributed by atoms with van der Waals surface area (Å²) >= 11 is 6.06. The molecule has 0 aliphatic rings. The lowest BCUT2D eigenvalue weighted by Gasteiger charge is -2.09. The first-order valence-electron chi connectivity index (χ1n) is 6.73. The summed E-state index contributed by atoms with van der Waals surface area (Å²) in [5, 5.41) is 7.39. The van der Waals surface area contributed by atoms with Gasteiger partial charge in [0.25, 0.3) is 5.56 Å². The Kier molecular flexibility index (Phi) is 4.79. The second-order valence-electron chi connectivity index (χ2n) is 4.52. The van der Waals surface area contributed by atoms with Gasteiger partial charge >= 0.3 is 0 Å². The molecule has 0 bridgehead atoms. The summed E-state index contributed by atoms with van der Waals surface area (Å²) < 4.78 is 1.34. The molecular weight excluding hydrogens is 274 g/mol. The van der Waals surface area contributed by atoms with Gasteiger partial charge < -0.3 is 5.32 Å². The zero-order chi connectivity index (χ0) is 14.5. The van der Waals surface area contributed by atoms with Crippen LogP contribution in [0.15, 0.2) is 35.3 Å². The first-order chi connectivity index (χ1) is 9.65. The molecule has 0 aliphatic carbocycles. The van der Waals surface area contributed by atoms with Crippen molar-refractivity contribution in [3.8, 4) is 0 Å². The summed E-state index contributed by atoms with van der Waals surface area (Å²) in [6, 6.07) is 8.35. The van der Waals surface area contributed by atoms with Crippen molar-refractivity contribution in [1.29, 1.82) is 0 Å². The lowest BCUT2D eigenvalue weighted by molar-refractivity contribution is 0.616. The average molecular weight is 292 g/mol. The van der Waals surface area contributed by atoms with Crippen molar-refractivity contribution in [2.24, 2.45) is 0 Å². The van der Waals surface area contributed by atoms with E-state index in [0.717, 1.165) is 12.0 Å². The Labute approximate surface area is 123 Å². The Morgan fingerprint density at radius 1 is 1.20 bits per heavy atom. The Bertz CT molecular complexity index is 635. The topological polar surface area (TPSA) is 46.9 Å². The van der Waals surface area contributed by atoms with E-state index in [2.05, 4.69) is 41.6 Å². The van der Waals surface area contributed by atoms with Crippen LogP contribution in [0.4, 0.5) is 5.69 Å². The first-order valence-corrected chi connectivity index (χ1v) is 7.10. The van der Waals surface area contributed by atoms with Gasteiger partial charge in [-0.05, 0) is 24.5 Å². The summed E-state index contributed by atoms with van der Waals surface area (Å²) in [5.74, 6) is 0. The first kappa shape index (κ1) is 14.6. The number of aryl methyl sites for hydroxylation is 2. The van der Waals surface area contributed by atoms with Gasteiger partial charge in [0.05, 0.1) is 11.9 Å². The van der Waals surface area contributed by atoms with E-state index in [4.69, 9.17) is 11.6 Å². The highest BCUT2D eigenvalue weighted by molar-refractivity contribution is 6.32. The van der Waals surface area contributed by atoms with Crippen LogP contribution in [0.2, 0.25) is 5.02 Å². The fraction of sp³-hybridized carbons (Fsp3) is 0.333. The van der Waals surface area contributed by atoms with Crippen LogP contribution in [0.25, 0.3) is 0 Å². The Balaban J connectivity index is 2.10. The molecule has 0 saturated heterocycles. The largest absolute Gasteiger partial charge is 0.378 e. The zero-order valence-corrected chi connectivity index (χ0v) is 12.4. The number of nitrogens with one attached hydrogen (secondary N) is 1. The molecule has 1 heterocycles. The number of halogens is 1. The molecule has 5 heteroatoms. The molecule has 2 rings (SSSR count). The van der Waals surface area contributed by atoms with Crippen molar-refractivity contribution in [1.82, 2.24) is 9.78 Å². The standard InChI is InChI=1S/C15H18ClN3O/c1-3-11-5-7-12(8-6-11)9-17-13-10-18-19(4-2)15(20)14(13)16/h5-8,10,17H,3-4,9H2,1-2H3. The summed E-state index contributed by atoms with van der Waals surface area (Å²) in [5.41, 5.74) is 2.75. The van der Waals surface area contributed by atoms with Gasteiger partial charge in [0.2, 0.25) is 0 Å². The van der Waals surface area contributed by atoms with E-state index in [0.29, 0.717) is 18.8 Å². The van der Waals surface area contributed by atoms with Crippen molar-refractivity contribution >= 4 is 17.3 Å². The summed E-state index contributed by atoms with van der Waals surface area (Å²) in [6.45, 7) is 5.10. The highest BCUT2D eigenvalue weighted by Gasteiger charge is 2.07. The number of nitrogens with zero attached hydrogens (tertiary/aromatic N) is 2. The molecule has 0 amide bonds. The van der Waals surface area contributed by atoms with Crippen molar-refractivity contribution in [2.45, 2.75) is 33.4 Å². The minimum atomic E-state index is -0.263. The van der Waals surface area contributed by atoms with E-state index in [-0.39, 0.29) is 10.6 Å². The van der Waals surface area contributed by atoms with Gasteiger partial charge in [0.1, 0.15) is 5.02 Å². The molecule has 0 spiro atoms. The summed E-state index contributed by atoms with van der Waals surface area (Å²) in [6.07, 6.45) is 2.62. The third-order valence-corrected chi connectivity index (χ3v) is 3.56. The molecule has 0 fully saturated rings. The molecule has 4 nitrogen and oxygen atoms in total. The molecule has 1 N–H and O–H groups in total. The monoisotopic (exact) mass is 291 g/mol. The van der Waals surface area contributed by atoms with Crippen LogP contribution in [0.5, 0.6) is 0 Å². The molecule has 0 atom stereocenters. The molecule has 0 unspecified atom stereocenters. The predicted molar refractivity (Wildman–Crippen MR) is 82.3 cm³/mol. The van der Waals surface area contributed by atoms with Crippen molar-refractivity contribution in [3.05, 3.63) is 57.0 Å². The van der Waals surface area contributed by atoms with Gasteiger partial charge in [-0.1, -0.05) is 42.8 Å². The van der Waals surface area contributed by atoms with E-state index in [9.17, 15) is 4.79 Å². The van der Waals surface area contributed by atoms with E-state index in [1.165, 1.54) is 10.2 Å². The molecule has 1 aromatic carbocycles. The predicted octanol–water partition coefficient (Wildman–Crippen LogP) is 3.09. The van der Waals surface area contributed by atoms with Crippen molar-refractivity contribution in [2.75, 3.05) is 5.32 Å². The number of aromatic nitrogens is 2. The molecule has 106 valence electrons. The van der Waals surface area contributed by atoms with Crippen LogP contribution in [0.3, 0.4) is 0 Å². The molecule has 20 heavy (non-hydrogen) atoms. The van der Waals surface area contributed by atoms with Crippen molar-refractivity contribution < 1.29 is 0 Å². The fourth-order valence-electron chi connectivity index (χ4n) is 1.90. The van der Waals surface area contributed by atoms with Crippen molar-refractivity contribution in [3.63, 3.8) is 0 Å². The number of benzene rings is 1. The lowest BCUT2D eigenvalue weighted by atomic mass is 10.1. The maximum Gasteiger partial charge on any atom is 0.287 e. The third-order valence-electron chi connectivity index (χ3n) is 3.20. The fourth-order valence-corrected chi connectivity index (χ4v) is 2.12. The van der Waals surface area contributed by atoms with E-state index in [1.54, 1.807) is 6.20 Å². The van der Waals surface area contributed by atoms with Crippen LogP contribution in [0, 0.1) is 0 Å². The molecule has 0 aliphatic heterocycles. The van der Waals surface area contributed by atoms with Gasteiger partial charge in [0.15, 0.2) is 0 Å². The number of hydrogen-bond acceptors (Lipinski definition) is 3. The van der Waals surface area contributed by atoms with Gasteiger partial charge in [0, 0.05) is 13.1 Å². The number of hydrogen-bond donors (Lipinski definition) is 1. The third kappa shape index (κ3) is 3.20. The normalized spacial score (nSPS) is 10.6. The van der Waals surface area contributed by atoms with E-state index >= 15 is 0 Å². The summed E-state index contributed by atoms with van der Waals surface area (Å²) in [4.78, 5) is 11.8. The molecule has 2 aromatic rings. The highest BCUT2D eigenvalue weighted by Crippen LogP contribution is 2.16. The van der Waals surface area contributed by atoms with E-state index in [1.807, 2.05) is 6.92 Å². The van der Waals surface area contributed by atoms with Crippen LogP contribution in [-0.4, -0.2) is 9.78 Å². The summed E-state index contributed by atoms with van der Waals surface area (Å²) in [7, 11) is 0. The molecule has 1 aromatic heterocycles. The molecule has 0 radical (unpaired) electrons. The lowest BCUT2D eigenvalue weighted by Crippen LogP contribution is -2.23. The minimum absolute atomic E-state index is 0.187. The van der Waals surface area contributed by atoms with Gasteiger partial charge in [-0.3, -0.25) is 4.79 Å². The molecular formula is C15H18ClN3O. The quantitative estimate of drug-likeness (QED) is 0.921. The minimum Gasteiger partial charge on any atom is -0.378 e. The Morgan fingerprint density at radius 3 is 2.45 bits per heavy atom. The van der Waals surface area contributed by atoms with Gasteiger partial charge in [-0.2, -0.15) is 5.10 Å². The SMILES string of the molecule is CCc1ccc(CNc2cnn(CC)c(=O)c2Cl)cc1. The maximum atomic E-state index is 11.8. The Morgan fingerprint density at radius 2 is 1.85 bits per heavy atom. The maximum absolute atomic E-state index is 11.8. The Hall–Kier alpha value is -1.81. The van der Waals surface area contributed by atoms with Gasteiger partial charge in [-0.25, -0.2) is 4.68 Å².